The number of aromatic nitrogens is 2. The molecular formula is C15H22ClN3O. The molecule has 1 aromatic heterocycles. The first-order valence-electron chi connectivity index (χ1n) is 7.01. The molecule has 0 fully saturated rings. The highest BCUT2D eigenvalue weighted by Gasteiger charge is 2.16. The van der Waals surface area contributed by atoms with Gasteiger partial charge in [-0.05, 0) is 44.9 Å². The molecule has 0 aliphatic heterocycles. The van der Waals surface area contributed by atoms with Crippen LogP contribution in [0.2, 0.25) is 5.02 Å². The largest absolute Gasteiger partial charge is 0.396 e. The summed E-state index contributed by atoms with van der Waals surface area (Å²) in [6.45, 7) is 4.48. The Hall–Kier alpha value is -1.10. The predicted molar refractivity (Wildman–Crippen MR) is 83.1 cm³/mol. The van der Waals surface area contributed by atoms with Crippen molar-refractivity contribution in [3.05, 3.63) is 29.0 Å². The van der Waals surface area contributed by atoms with E-state index in [-0.39, 0.29) is 12.6 Å². The van der Waals surface area contributed by atoms with E-state index in [2.05, 4.69) is 28.7 Å². The SMILES string of the molecule is CC(CCCO)NC(C)c1nc2ccc(Cl)cc2n1C. The summed E-state index contributed by atoms with van der Waals surface area (Å²) >= 11 is 6.04. The zero-order valence-electron chi connectivity index (χ0n) is 12.2. The Labute approximate surface area is 124 Å². The molecule has 2 aromatic rings. The van der Waals surface area contributed by atoms with Gasteiger partial charge in [-0.15, -0.1) is 0 Å². The van der Waals surface area contributed by atoms with Crippen LogP contribution in [0.25, 0.3) is 11.0 Å². The van der Waals surface area contributed by atoms with E-state index in [0.29, 0.717) is 6.04 Å². The summed E-state index contributed by atoms with van der Waals surface area (Å²) in [6, 6.07) is 6.25. The molecule has 2 rings (SSSR count). The summed E-state index contributed by atoms with van der Waals surface area (Å²) in [6.07, 6.45) is 1.77. The fourth-order valence-corrected chi connectivity index (χ4v) is 2.72. The second kappa shape index (κ2) is 6.57. The van der Waals surface area contributed by atoms with Crippen molar-refractivity contribution in [1.29, 1.82) is 0 Å². The third-order valence-electron chi connectivity index (χ3n) is 3.59. The maximum absolute atomic E-state index is 8.87. The lowest BCUT2D eigenvalue weighted by Gasteiger charge is -2.19. The number of hydrogen-bond acceptors (Lipinski definition) is 3. The highest BCUT2D eigenvalue weighted by molar-refractivity contribution is 6.31. The molecule has 20 heavy (non-hydrogen) atoms. The van der Waals surface area contributed by atoms with E-state index in [0.717, 1.165) is 34.7 Å². The molecule has 0 saturated carbocycles. The number of benzene rings is 1. The summed E-state index contributed by atoms with van der Waals surface area (Å²) < 4.78 is 2.08. The molecule has 0 bridgehead atoms. The lowest BCUT2D eigenvalue weighted by molar-refractivity contribution is 0.274. The number of aliphatic hydroxyl groups excluding tert-OH is 1. The minimum Gasteiger partial charge on any atom is -0.396 e. The topological polar surface area (TPSA) is 50.1 Å². The molecule has 5 heteroatoms. The number of fused-ring (bicyclic) bond motifs is 1. The van der Waals surface area contributed by atoms with Crippen molar-refractivity contribution in [3.8, 4) is 0 Å². The summed E-state index contributed by atoms with van der Waals surface area (Å²) in [5, 5.41) is 13.1. The molecule has 0 radical (unpaired) electrons. The van der Waals surface area contributed by atoms with Crippen molar-refractivity contribution in [3.63, 3.8) is 0 Å². The zero-order chi connectivity index (χ0) is 14.7. The van der Waals surface area contributed by atoms with Gasteiger partial charge in [-0.3, -0.25) is 0 Å². The number of aryl methyl sites for hydroxylation is 1. The third-order valence-corrected chi connectivity index (χ3v) is 3.83. The minimum atomic E-state index is 0.153. The van der Waals surface area contributed by atoms with Crippen LogP contribution in [0, 0.1) is 0 Å². The van der Waals surface area contributed by atoms with Gasteiger partial charge in [0.15, 0.2) is 0 Å². The molecular weight excluding hydrogens is 274 g/mol. The molecule has 0 spiro atoms. The first kappa shape index (κ1) is 15.3. The Kier molecular flexibility index (Phi) is 5.02. The molecule has 4 nitrogen and oxygen atoms in total. The lowest BCUT2D eigenvalue weighted by atomic mass is 10.1. The normalized spacial score (nSPS) is 14.7. The van der Waals surface area contributed by atoms with Gasteiger partial charge in [-0.2, -0.15) is 0 Å². The van der Waals surface area contributed by atoms with E-state index >= 15 is 0 Å². The van der Waals surface area contributed by atoms with Crippen LogP contribution in [0.5, 0.6) is 0 Å². The molecule has 1 heterocycles. The zero-order valence-corrected chi connectivity index (χ0v) is 13.0. The van der Waals surface area contributed by atoms with Crippen LogP contribution in [-0.4, -0.2) is 27.3 Å². The number of nitrogens with zero attached hydrogens (tertiary/aromatic N) is 2. The van der Waals surface area contributed by atoms with Gasteiger partial charge in [0.25, 0.3) is 0 Å². The number of hydrogen-bond donors (Lipinski definition) is 2. The molecule has 0 saturated heterocycles. The van der Waals surface area contributed by atoms with Gasteiger partial charge in [-0.25, -0.2) is 4.98 Å². The van der Waals surface area contributed by atoms with Gasteiger partial charge in [0, 0.05) is 24.7 Å². The second-order valence-electron chi connectivity index (χ2n) is 5.32. The third kappa shape index (κ3) is 3.32. The average Bonchev–Trinajstić information content (AvgIpc) is 2.74. The number of imidazole rings is 1. The Morgan fingerprint density at radius 1 is 1.40 bits per heavy atom. The van der Waals surface area contributed by atoms with E-state index < -0.39 is 0 Å². The van der Waals surface area contributed by atoms with Crippen LogP contribution < -0.4 is 5.32 Å². The van der Waals surface area contributed by atoms with E-state index in [4.69, 9.17) is 16.7 Å². The summed E-state index contributed by atoms with van der Waals surface area (Å²) in [7, 11) is 2.01. The van der Waals surface area contributed by atoms with Crippen molar-refractivity contribution in [2.24, 2.45) is 7.05 Å². The lowest BCUT2D eigenvalue weighted by Crippen LogP contribution is -2.30. The van der Waals surface area contributed by atoms with Crippen LogP contribution in [0.1, 0.15) is 38.6 Å². The van der Waals surface area contributed by atoms with Crippen molar-refractivity contribution >= 4 is 22.6 Å². The number of rotatable bonds is 6. The van der Waals surface area contributed by atoms with Gasteiger partial charge < -0.3 is 15.0 Å². The Morgan fingerprint density at radius 2 is 2.15 bits per heavy atom. The highest BCUT2D eigenvalue weighted by Crippen LogP contribution is 2.23. The fourth-order valence-electron chi connectivity index (χ4n) is 2.55. The van der Waals surface area contributed by atoms with E-state index in [1.807, 2.05) is 25.2 Å². The van der Waals surface area contributed by atoms with Crippen LogP contribution >= 0.6 is 11.6 Å². The Bertz CT molecular complexity index is 582. The molecule has 0 aliphatic rings. The van der Waals surface area contributed by atoms with Crippen molar-refractivity contribution in [2.45, 2.75) is 38.8 Å². The monoisotopic (exact) mass is 295 g/mol. The summed E-state index contributed by atoms with van der Waals surface area (Å²) in [5.41, 5.74) is 2.01. The number of halogens is 1. The Morgan fingerprint density at radius 3 is 2.85 bits per heavy atom. The predicted octanol–water partition coefficient (Wildman–Crippen LogP) is 3.04. The Balaban J connectivity index is 2.17. The molecule has 110 valence electrons. The van der Waals surface area contributed by atoms with Gasteiger partial charge in [0.2, 0.25) is 0 Å². The van der Waals surface area contributed by atoms with Gasteiger partial charge in [-0.1, -0.05) is 11.6 Å². The van der Waals surface area contributed by atoms with Crippen LogP contribution in [-0.2, 0) is 7.05 Å². The quantitative estimate of drug-likeness (QED) is 0.861. The minimum absolute atomic E-state index is 0.153. The molecule has 1 aromatic carbocycles. The van der Waals surface area contributed by atoms with Crippen molar-refractivity contribution in [1.82, 2.24) is 14.9 Å². The summed E-state index contributed by atoms with van der Waals surface area (Å²) in [5.74, 6) is 0.998. The molecule has 2 N–H and O–H groups in total. The van der Waals surface area contributed by atoms with Gasteiger partial charge in [0.1, 0.15) is 5.82 Å². The average molecular weight is 296 g/mol. The van der Waals surface area contributed by atoms with Crippen molar-refractivity contribution in [2.75, 3.05) is 6.61 Å². The first-order chi connectivity index (χ1) is 9.52. The fraction of sp³-hybridized carbons (Fsp3) is 0.533. The summed E-state index contributed by atoms with van der Waals surface area (Å²) in [4.78, 5) is 4.68. The molecule has 2 atom stereocenters. The maximum atomic E-state index is 8.87. The number of nitrogens with one attached hydrogen (secondary N) is 1. The smallest absolute Gasteiger partial charge is 0.126 e. The van der Waals surface area contributed by atoms with Crippen LogP contribution in [0.3, 0.4) is 0 Å². The molecule has 2 unspecified atom stereocenters. The molecule has 0 amide bonds. The van der Waals surface area contributed by atoms with Crippen molar-refractivity contribution < 1.29 is 5.11 Å². The maximum Gasteiger partial charge on any atom is 0.126 e. The van der Waals surface area contributed by atoms with E-state index in [1.165, 1.54) is 0 Å². The van der Waals surface area contributed by atoms with Gasteiger partial charge >= 0.3 is 0 Å². The first-order valence-corrected chi connectivity index (χ1v) is 7.39. The van der Waals surface area contributed by atoms with Crippen LogP contribution in [0.4, 0.5) is 0 Å². The van der Waals surface area contributed by atoms with Gasteiger partial charge in [0.05, 0.1) is 17.1 Å². The highest BCUT2D eigenvalue weighted by atomic mass is 35.5. The second-order valence-corrected chi connectivity index (χ2v) is 5.75. The van der Waals surface area contributed by atoms with Crippen LogP contribution in [0.15, 0.2) is 18.2 Å². The van der Waals surface area contributed by atoms with E-state index in [9.17, 15) is 0 Å². The number of aliphatic hydroxyl groups is 1. The molecule has 0 aliphatic carbocycles. The van der Waals surface area contributed by atoms with E-state index in [1.54, 1.807) is 0 Å². The standard InChI is InChI=1S/C15H22ClN3O/c1-10(5-4-8-20)17-11(2)15-18-13-7-6-12(16)9-14(13)19(15)3/h6-7,9-11,17,20H,4-5,8H2,1-3H3.